The minimum Gasteiger partial charge on any atom is -0.494 e. The van der Waals surface area contributed by atoms with Crippen LogP contribution in [-0.2, 0) is 19.6 Å². The summed E-state index contributed by atoms with van der Waals surface area (Å²) in [5.41, 5.74) is 1.31. The fraction of sp³-hybridized carbons (Fsp3) is 0.720. The second kappa shape index (κ2) is 13.1. The van der Waals surface area contributed by atoms with Crippen molar-refractivity contribution in [2.45, 2.75) is 57.2 Å². The lowest BCUT2D eigenvalue weighted by Crippen LogP contribution is -2.53. The van der Waals surface area contributed by atoms with Crippen molar-refractivity contribution >= 4 is 29.9 Å². The van der Waals surface area contributed by atoms with Crippen LogP contribution >= 0.6 is 24.0 Å². The molecular formula is C25H40IN3O4. The van der Waals surface area contributed by atoms with Crippen LogP contribution in [0.2, 0.25) is 0 Å². The maximum atomic E-state index is 6.06. The monoisotopic (exact) mass is 573 g/mol. The van der Waals surface area contributed by atoms with E-state index >= 15 is 0 Å². The minimum absolute atomic E-state index is 0. The number of guanidine groups is 1. The fourth-order valence-corrected chi connectivity index (χ4v) is 5.01. The Hall–Kier alpha value is -1.10. The number of hydrogen-bond donors (Lipinski definition) is 1. The Kier molecular flexibility index (Phi) is 10.5. The molecule has 3 heterocycles. The summed E-state index contributed by atoms with van der Waals surface area (Å²) in [6, 6.07) is 8.58. The zero-order valence-electron chi connectivity index (χ0n) is 20.1. The van der Waals surface area contributed by atoms with Gasteiger partial charge in [0.05, 0.1) is 25.9 Å². The molecule has 7 nitrogen and oxygen atoms in total. The smallest absolute Gasteiger partial charge is 0.194 e. The van der Waals surface area contributed by atoms with Crippen LogP contribution in [0.25, 0.3) is 0 Å². The van der Waals surface area contributed by atoms with Crippen LogP contribution in [0.4, 0.5) is 0 Å². The average molecular weight is 574 g/mol. The quantitative estimate of drug-likeness (QED) is 0.306. The lowest BCUT2D eigenvalue weighted by Gasteiger charge is -2.39. The molecule has 0 amide bonds. The van der Waals surface area contributed by atoms with Crippen LogP contribution < -0.4 is 10.1 Å². The first-order valence-electron chi connectivity index (χ1n) is 12.3. The third-order valence-electron chi connectivity index (χ3n) is 6.87. The van der Waals surface area contributed by atoms with E-state index in [1.165, 1.54) is 5.56 Å². The number of rotatable bonds is 7. The highest BCUT2D eigenvalue weighted by atomic mass is 127. The van der Waals surface area contributed by atoms with Crippen LogP contribution in [0.3, 0.4) is 0 Å². The van der Waals surface area contributed by atoms with Gasteiger partial charge in [-0.25, -0.2) is 0 Å². The molecule has 2 unspecified atom stereocenters. The zero-order valence-corrected chi connectivity index (χ0v) is 22.4. The third kappa shape index (κ3) is 6.74. The summed E-state index contributed by atoms with van der Waals surface area (Å²) in [7, 11) is 0. The Labute approximate surface area is 215 Å². The van der Waals surface area contributed by atoms with Gasteiger partial charge >= 0.3 is 0 Å². The summed E-state index contributed by atoms with van der Waals surface area (Å²) in [6.45, 7) is 11.2. The van der Waals surface area contributed by atoms with Gasteiger partial charge in [-0.3, -0.25) is 4.99 Å². The zero-order chi connectivity index (χ0) is 22.2. The summed E-state index contributed by atoms with van der Waals surface area (Å²) in [5.74, 6) is 1.90. The molecule has 0 aromatic heterocycles. The van der Waals surface area contributed by atoms with Gasteiger partial charge in [-0.05, 0) is 57.2 Å². The van der Waals surface area contributed by atoms with Crippen molar-refractivity contribution in [3.05, 3.63) is 29.8 Å². The van der Waals surface area contributed by atoms with Crippen molar-refractivity contribution in [1.29, 1.82) is 0 Å². The van der Waals surface area contributed by atoms with Gasteiger partial charge in [-0.15, -0.1) is 24.0 Å². The first-order chi connectivity index (χ1) is 15.7. The minimum atomic E-state index is -0.0100. The maximum Gasteiger partial charge on any atom is 0.194 e. The molecule has 186 valence electrons. The molecule has 1 N–H and O–H groups in total. The number of morpholine rings is 1. The van der Waals surface area contributed by atoms with Crippen molar-refractivity contribution < 1.29 is 18.9 Å². The summed E-state index contributed by atoms with van der Waals surface area (Å²) >= 11 is 0. The summed E-state index contributed by atoms with van der Waals surface area (Å²) in [6.07, 6.45) is 4.51. The number of halogens is 1. The highest BCUT2D eigenvalue weighted by Crippen LogP contribution is 2.36. The second-order valence-electron chi connectivity index (χ2n) is 8.93. The SMILES string of the molecule is CCNC(=NCC1(c2ccc(OCC)cc2)CCOCC1)N1CCOC(C2CCCO2)C1.I. The lowest BCUT2D eigenvalue weighted by atomic mass is 9.74. The number of ether oxygens (including phenoxy) is 4. The van der Waals surface area contributed by atoms with Crippen molar-refractivity contribution in [2.75, 3.05) is 59.2 Å². The first kappa shape index (κ1) is 26.5. The van der Waals surface area contributed by atoms with Gasteiger partial charge in [-0.2, -0.15) is 0 Å². The molecule has 1 aromatic carbocycles. The van der Waals surface area contributed by atoms with Crippen LogP contribution in [-0.4, -0.2) is 82.3 Å². The Morgan fingerprint density at radius 3 is 2.52 bits per heavy atom. The van der Waals surface area contributed by atoms with E-state index in [0.717, 1.165) is 83.4 Å². The Bertz CT molecular complexity index is 734. The standard InChI is InChI=1S/C25H39N3O4.HI/c1-3-26-24(28-13-17-32-23(18-28)22-6-5-14-31-22)27-19-25(11-15-29-16-12-25)20-7-9-21(10-8-20)30-4-2;/h7-10,22-23H,3-6,11-19H2,1-2H3,(H,26,27);1H. The molecular weight excluding hydrogens is 533 g/mol. The van der Waals surface area contributed by atoms with Gasteiger partial charge in [0.25, 0.3) is 0 Å². The van der Waals surface area contributed by atoms with E-state index in [1.807, 2.05) is 6.92 Å². The Balaban J connectivity index is 0.00000306. The largest absolute Gasteiger partial charge is 0.494 e. The Morgan fingerprint density at radius 2 is 1.85 bits per heavy atom. The average Bonchev–Trinajstić information content (AvgIpc) is 3.38. The highest BCUT2D eigenvalue weighted by Gasteiger charge is 2.36. The van der Waals surface area contributed by atoms with Crippen LogP contribution in [0, 0.1) is 0 Å². The lowest BCUT2D eigenvalue weighted by molar-refractivity contribution is -0.0817. The maximum absolute atomic E-state index is 6.06. The van der Waals surface area contributed by atoms with Crippen LogP contribution in [0.1, 0.15) is 45.1 Å². The highest BCUT2D eigenvalue weighted by molar-refractivity contribution is 14.0. The van der Waals surface area contributed by atoms with Gasteiger partial charge in [0.1, 0.15) is 11.9 Å². The molecule has 8 heteroatoms. The van der Waals surface area contributed by atoms with E-state index in [-0.39, 0.29) is 41.6 Å². The van der Waals surface area contributed by atoms with E-state index in [1.54, 1.807) is 0 Å². The number of benzene rings is 1. The summed E-state index contributed by atoms with van der Waals surface area (Å²) in [4.78, 5) is 7.53. The molecule has 3 fully saturated rings. The second-order valence-corrected chi connectivity index (χ2v) is 8.93. The van der Waals surface area contributed by atoms with Crippen molar-refractivity contribution in [2.24, 2.45) is 4.99 Å². The van der Waals surface area contributed by atoms with Gasteiger partial charge in [0.15, 0.2) is 5.96 Å². The van der Waals surface area contributed by atoms with E-state index in [4.69, 9.17) is 23.9 Å². The topological polar surface area (TPSA) is 64.6 Å². The van der Waals surface area contributed by atoms with E-state index < -0.39 is 0 Å². The molecule has 0 radical (unpaired) electrons. The molecule has 33 heavy (non-hydrogen) atoms. The number of nitrogens with one attached hydrogen (secondary N) is 1. The number of nitrogens with zero attached hydrogens (tertiary/aromatic N) is 2. The van der Waals surface area contributed by atoms with Gasteiger partial charge < -0.3 is 29.2 Å². The molecule has 2 atom stereocenters. The van der Waals surface area contributed by atoms with Gasteiger partial charge in [0.2, 0.25) is 0 Å². The van der Waals surface area contributed by atoms with Gasteiger partial charge in [-0.1, -0.05) is 12.1 Å². The van der Waals surface area contributed by atoms with Gasteiger partial charge in [0, 0.05) is 44.9 Å². The molecule has 3 aliphatic rings. The molecule has 4 rings (SSSR count). The Morgan fingerprint density at radius 1 is 1.09 bits per heavy atom. The fourth-order valence-electron chi connectivity index (χ4n) is 5.01. The molecule has 0 saturated carbocycles. The summed E-state index contributed by atoms with van der Waals surface area (Å²) < 4.78 is 23.3. The summed E-state index contributed by atoms with van der Waals surface area (Å²) in [5, 5.41) is 3.53. The van der Waals surface area contributed by atoms with E-state index in [9.17, 15) is 0 Å². The molecule has 3 saturated heterocycles. The predicted molar refractivity (Wildman–Crippen MR) is 141 cm³/mol. The van der Waals surface area contributed by atoms with Crippen LogP contribution in [0.15, 0.2) is 29.3 Å². The molecule has 1 aromatic rings. The van der Waals surface area contributed by atoms with Crippen molar-refractivity contribution in [3.63, 3.8) is 0 Å². The third-order valence-corrected chi connectivity index (χ3v) is 6.87. The number of aliphatic imine (C=N–C) groups is 1. The first-order valence-corrected chi connectivity index (χ1v) is 12.3. The molecule has 0 aliphatic carbocycles. The van der Waals surface area contributed by atoms with Crippen molar-refractivity contribution in [1.82, 2.24) is 10.2 Å². The van der Waals surface area contributed by atoms with E-state index in [0.29, 0.717) is 13.2 Å². The molecule has 0 bridgehead atoms. The molecule has 3 aliphatic heterocycles. The molecule has 0 spiro atoms. The van der Waals surface area contributed by atoms with Crippen LogP contribution in [0.5, 0.6) is 5.75 Å². The number of hydrogen-bond acceptors (Lipinski definition) is 5. The van der Waals surface area contributed by atoms with E-state index in [2.05, 4.69) is 41.4 Å². The predicted octanol–water partition coefficient (Wildman–Crippen LogP) is 3.60. The normalized spacial score (nSPS) is 25.4. The van der Waals surface area contributed by atoms with Crippen molar-refractivity contribution in [3.8, 4) is 5.75 Å².